The molecule has 2 aromatic heterocycles. The number of nitriles is 1. The first-order chi connectivity index (χ1) is 11.3. The van der Waals surface area contributed by atoms with Gasteiger partial charge in [0.2, 0.25) is 5.69 Å². The van der Waals surface area contributed by atoms with E-state index in [1.807, 2.05) is 0 Å². The summed E-state index contributed by atoms with van der Waals surface area (Å²) in [5.41, 5.74) is 11.0. The number of amidine groups is 2. The quantitative estimate of drug-likeness (QED) is 0.367. The molecule has 0 radical (unpaired) electrons. The second-order valence-electron chi connectivity index (χ2n) is 4.14. The molecule has 0 aliphatic carbocycles. The SMILES string of the molecule is N=C(N)c1cc(Cl)cc(C(=N)N)n1.[C-]#[N+]c1cc(Cl)cc(C#N)n1. The number of hydrogen-bond donors (Lipinski definition) is 4. The number of rotatable bonds is 2. The lowest BCUT2D eigenvalue weighted by atomic mass is 10.2. The molecular weight excluding hydrogens is 351 g/mol. The van der Waals surface area contributed by atoms with Crippen LogP contribution in [0.2, 0.25) is 10.0 Å². The summed E-state index contributed by atoms with van der Waals surface area (Å²) in [7, 11) is 0. The molecule has 0 aromatic carbocycles. The number of nitrogens with one attached hydrogen (secondary N) is 2. The second-order valence-corrected chi connectivity index (χ2v) is 5.01. The van der Waals surface area contributed by atoms with Gasteiger partial charge in [0.1, 0.15) is 29.1 Å². The minimum atomic E-state index is -0.204. The van der Waals surface area contributed by atoms with Crippen molar-refractivity contribution in [2.45, 2.75) is 0 Å². The highest BCUT2D eigenvalue weighted by atomic mass is 35.5. The molecule has 6 N–H and O–H groups in total. The monoisotopic (exact) mass is 360 g/mol. The van der Waals surface area contributed by atoms with E-state index in [4.69, 9.17) is 57.3 Å². The first-order valence-electron chi connectivity index (χ1n) is 6.08. The van der Waals surface area contributed by atoms with Gasteiger partial charge in [-0.1, -0.05) is 29.8 Å². The third-order valence-electron chi connectivity index (χ3n) is 2.35. The zero-order valence-electron chi connectivity index (χ0n) is 12.0. The maximum absolute atomic E-state index is 8.41. The van der Waals surface area contributed by atoms with Crippen LogP contribution < -0.4 is 11.5 Å². The van der Waals surface area contributed by atoms with Crippen molar-refractivity contribution in [3.8, 4) is 6.07 Å². The van der Waals surface area contributed by atoms with Crippen LogP contribution >= 0.6 is 23.2 Å². The first kappa shape index (κ1) is 18.8. The molecule has 2 heterocycles. The summed E-state index contributed by atoms with van der Waals surface area (Å²) in [6.07, 6.45) is 0. The zero-order valence-corrected chi connectivity index (χ0v) is 13.5. The van der Waals surface area contributed by atoms with Crippen molar-refractivity contribution in [1.82, 2.24) is 9.97 Å². The van der Waals surface area contributed by atoms with Gasteiger partial charge in [-0.25, -0.2) is 4.98 Å². The fraction of sp³-hybridized carbons (Fsp3) is 0. The molecule has 0 spiro atoms. The van der Waals surface area contributed by atoms with Crippen LogP contribution in [0.15, 0.2) is 24.3 Å². The topological polar surface area (TPSA) is 154 Å². The third-order valence-corrected chi connectivity index (χ3v) is 2.78. The van der Waals surface area contributed by atoms with E-state index < -0.39 is 0 Å². The van der Waals surface area contributed by atoms with Crippen LogP contribution in [0.3, 0.4) is 0 Å². The van der Waals surface area contributed by atoms with Crippen LogP contribution in [0.25, 0.3) is 4.85 Å². The van der Waals surface area contributed by atoms with Crippen molar-refractivity contribution in [2.75, 3.05) is 0 Å². The van der Waals surface area contributed by atoms with Crippen LogP contribution in [0.5, 0.6) is 0 Å². The molecule has 0 amide bonds. The van der Waals surface area contributed by atoms with Crippen LogP contribution in [-0.2, 0) is 0 Å². The summed E-state index contributed by atoms with van der Waals surface area (Å²) in [6.45, 7) is 6.61. The number of nitrogens with two attached hydrogens (primary N) is 2. The van der Waals surface area contributed by atoms with E-state index in [1.54, 1.807) is 6.07 Å². The predicted molar refractivity (Wildman–Crippen MR) is 91.5 cm³/mol. The molecule has 120 valence electrons. The Balaban J connectivity index is 0.000000243. The van der Waals surface area contributed by atoms with E-state index in [9.17, 15) is 0 Å². The average Bonchev–Trinajstić information content (AvgIpc) is 2.54. The molecule has 0 saturated heterocycles. The second kappa shape index (κ2) is 8.44. The maximum Gasteiger partial charge on any atom is 0.272 e. The van der Waals surface area contributed by atoms with Gasteiger partial charge in [0.15, 0.2) is 0 Å². The number of nitrogen functional groups attached to an aromatic ring is 2. The fourth-order valence-corrected chi connectivity index (χ4v) is 1.78. The van der Waals surface area contributed by atoms with E-state index in [0.717, 1.165) is 0 Å². The van der Waals surface area contributed by atoms with Crippen LogP contribution in [0, 0.1) is 28.7 Å². The van der Waals surface area contributed by atoms with E-state index in [2.05, 4.69) is 14.8 Å². The molecule has 24 heavy (non-hydrogen) atoms. The average molecular weight is 361 g/mol. The Kier molecular flexibility index (Phi) is 6.63. The van der Waals surface area contributed by atoms with Gasteiger partial charge in [-0.2, -0.15) is 5.26 Å². The van der Waals surface area contributed by atoms with E-state index >= 15 is 0 Å². The molecule has 0 fully saturated rings. The standard InChI is InChI=1S/C7H8ClN5.C7H2ClN3/c8-3-1-4(6(9)10)13-5(2-3)7(11)12;1-10-7-3-5(8)2-6(4-9)11-7/h1-2H,(H3,9,10)(H3,11,12);2-3H. The van der Waals surface area contributed by atoms with Crippen LogP contribution in [-0.4, -0.2) is 21.6 Å². The molecule has 0 saturated carbocycles. The number of nitrogens with zero attached hydrogens (tertiary/aromatic N) is 4. The molecule has 2 aromatic rings. The van der Waals surface area contributed by atoms with Gasteiger partial charge >= 0.3 is 0 Å². The van der Waals surface area contributed by atoms with E-state index in [-0.39, 0.29) is 34.6 Å². The Labute approximate surface area is 147 Å². The highest BCUT2D eigenvalue weighted by Gasteiger charge is 2.05. The van der Waals surface area contributed by atoms with Crippen molar-refractivity contribution in [3.05, 3.63) is 62.8 Å². The Morgan fingerprint density at radius 1 is 1.04 bits per heavy atom. The van der Waals surface area contributed by atoms with Crippen molar-refractivity contribution in [1.29, 1.82) is 16.1 Å². The lowest BCUT2D eigenvalue weighted by molar-refractivity contribution is 1.21. The van der Waals surface area contributed by atoms with Gasteiger partial charge in [-0.15, -0.1) is 4.98 Å². The molecule has 10 heteroatoms. The van der Waals surface area contributed by atoms with Gasteiger partial charge in [0, 0.05) is 16.1 Å². The number of halogens is 2. The molecule has 2 rings (SSSR count). The lowest BCUT2D eigenvalue weighted by Crippen LogP contribution is -2.18. The minimum Gasteiger partial charge on any atom is -0.382 e. The third kappa shape index (κ3) is 5.54. The van der Waals surface area contributed by atoms with Gasteiger partial charge in [0.05, 0.1) is 0 Å². The van der Waals surface area contributed by atoms with Crippen molar-refractivity contribution in [2.24, 2.45) is 11.5 Å². The Morgan fingerprint density at radius 3 is 1.96 bits per heavy atom. The van der Waals surface area contributed by atoms with Crippen LogP contribution in [0.4, 0.5) is 5.82 Å². The Morgan fingerprint density at radius 2 is 1.54 bits per heavy atom. The lowest BCUT2D eigenvalue weighted by Gasteiger charge is -2.02. The molecule has 0 atom stereocenters. The zero-order chi connectivity index (χ0) is 18.3. The minimum absolute atomic E-state index is 0.147. The van der Waals surface area contributed by atoms with Gasteiger partial charge in [-0.3, -0.25) is 10.8 Å². The Bertz CT molecular complexity index is 815. The Hall–Kier alpha value is -3.20. The smallest absolute Gasteiger partial charge is 0.272 e. The number of hydrogen-bond acceptors (Lipinski definition) is 5. The van der Waals surface area contributed by atoms with Gasteiger partial charge in [-0.05, 0) is 18.2 Å². The largest absolute Gasteiger partial charge is 0.382 e. The highest BCUT2D eigenvalue weighted by molar-refractivity contribution is 6.31. The van der Waals surface area contributed by atoms with Gasteiger partial charge in [0.25, 0.3) is 5.82 Å². The van der Waals surface area contributed by atoms with Crippen molar-refractivity contribution in [3.63, 3.8) is 0 Å². The van der Waals surface area contributed by atoms with Gasteiger partial charge < -0.3 is 16.3 Å². The summed E-state index contributed by atoms with van der Waals surface area (Å²) < 4.78 is 0. The highest BCUT2D eigenvalue weighted by Crippen LogP contribution is 2.16. The summed E-state index contributed by atoms with van der Waals surface area (Å²) in [6, 6.07) is 7.51. The van der Waals surface area contributed by atoms with Crippen LogP contribution in [0.1, 0.15) is 17.1 Å². The molecular formula is C14H10Cl2N8. The van der Waals surface area contributed by atoms with E-state index in [1.165, 1.54) is 24.3 Å². The normalized spacial score (nSPS) is 9.00. The summed E-state index contributed by atoms with van der Waals surface area (Å²) >= 11 is 11.3. The van der Waals surface area contributed by atoms with Crippen molar-refractivity contribution >= 4 is 40.7 Å². The molecule has 0 aliphatic rings. The van der Waals surface area contributed by atoms with Crippen molar-refractivity contribution < 1.29 is 0 Å². The summed E-state index contributed by atoms with van der Waals surface area (Å²) in [5.74, 6) is -0.260. The number of aromatic nitrogens is 2. The molecule has 0 unspecified atom stereocenters. The predicted octanol–water partition coefficient (Wildman–Crippen LogP) is 2.46. The summed E-state index contributed by atoms with van der Waals surface area (Å²) in [4.78, 5) is 10.6. The first-order valence-corrected chi connectivity index (χ1v) is 6.84. The fourth-order valence-electron chi connectivity index (χ4n) is 1.37. The maximum atomic E-state index is 8.41. The molecule has 8 nitrogen and oxygen atoms in total. The molecule has 0 bridgehead atoms. The number of pyridine rings is 2. The summed E-state index contributed by atoms with van der Waals surface area (Å²) in [5, 5.41) is 23.4. The molecule has 0 aliphatic heterocycles. The van der Waals surface area contributed by atoms with E-state index in [0.29, 0.717) is 10.0 Å².